The van der Waals surface area contributed by atoms with Crippen molar-refractivity contribution in [3.05, 3.63) is 35.4 Å². The van der Waals surface area contributed by atoms with E-state index in [2.05, 4.69) is 5.32 Å². The molecule has 1 rings (SSSR count). The summed E-state index contributed by atoms with van der Waals surface area (Å²) in [5.41, 5.74) is 5.77. The van der Waals surface area contributed by atoms with Gasteiger partial charge in [0.2, 0.25) is 0 Å². The van der Waals surface area contributed by atoms with Crippen molar-refractivity contribution < 1.29 is 8.78 Å². The van der Waals surface area contributed by atoms with Crippen LogP contribution < -0.4 is 11.1 Å². The molecule has 0 saturated heterocycles. The van der Waals surface area contributed by atoms with E-state index < -0.39 is 11.6 Å². The zero-order valence-electron chi connectivity index (χ0n) is 7.89. The first-order valence-corrected chi connectivity index (χ1v) is 4.58. The maximum absolute atomic E-state index is 13.1. The van der Waals surface area contributed by atoms with Gasteiger partial charge in [-0.2, -0.15) is 0 Å². The molecule has 0 aromatic heterocycles. The van der Waals surface area contributed by atoms with E-state index in [1.165, 1.54) is 12.1 Å². The Labute approximate surface area is 82.1 Å². The first kappa shape index (κ1) is 11.1. The molecule has 3 N–H and O–H groups in total. The Morgan fingerprint density at radius 2 is 2.07 bits per heavy atom. The quantitative estimate of drug-likeness (QED) is 0.705. The Morgan fingerprint density at radius 1 is 1.29 bits per heavy atom. The van der Waals surface area contributed by atoms with E-state index in [9.17, 15) is 8.78 Å². The minimum Gasteiger partial charge on any atom is -0.330 e. The van der Waals surface area contributed by atoms with E-state index >= 15 is 0 Å². The standard InChI is InChI=1S/C10H14F2N2/c11-9-3-2-8(10(12)6-9)7-14-5-1-4-13/h2-3,6,14H,1,4-5,7,13H2. The third kappa shape index (κ3) is 3.40. The summed E-state index contributed by atoms with van der Waals surface area (Å²) >= 11 is 0. The summed E-state index contributed by atoms with van der Waals surface area (Å²) in [7, 11) is 0. The van der Waals surface area contributed by atoms with Crippen LogP contribution in [0.1, 0.15) is 12.0 Å². The summed E-state index contributed by atoms with van der Waals surface area (Å²) in [4.78, 5) is 0. The number of rotatable bonds is 5. The molecule has 0 unspecified atom stereocenters. The van der Waals surface area contributed by atoms with Crippen LogP contribution in [0.5, 0.6) is 0 Å². The molecule has 0 atom stereocenters. The second kappa shape index (κ2) is 5.67. The van der Waals surface area contributed by atoms with Crippen LogP contribution in [0.3, 0.4) is 0 Å². The van der Waals surface area contributed by atoms with Crippen molar-refractivity contribution in [2.24, 2.45) is 5.73 Å². The molecular weight excluding hydrogens is 186 g/mol. The highest BCUT2D eigenvalue weighted by Crippen LogP contribution is 2.08. The molecule has 0 fully saturated rings. The average molecular weight is 200 g/mol. The molecule has 1 aromatic rings. The molecule has 0 amide bonds. The smallest absolute Gasteiger partial charge is 0.130 e. The SMILES string of the molecule is NCCCNCc1ccc(F)cc1F. The molecule has 0 aliphatic rings. The number of nitrogens with two attached hydrogens (primary N) is 1. The van der Waals surface area contributed by atoms with Gasteiger partial charge in [0, 0.05) is 18.2 Å². The van der Waals surface area contributed by atoms with Crippen molar-refractivity contribution in [1.29, 1.82) is 0 Å². The molecule has 0 spiro atoms. The molecular formula is C10H14F2N2. The lowest BCUT2D eigenvalue weighted by atomic mass is 10.2. The second-order valence-corrected chi connectivity index (χ2v) is 3.05. The molecule has 4 heteroatoms. The number of hydrogen-bond donors (Lipinski definition) is 2. The topological polar surface area (TPSA) is 38.0 Å². The van der Waals surface area contributed by atoms with Crippen LogP contribution in [-0.4, -0.2) is 13.1 Å². The van der Waals surface area contributed by atoms with Gasteiger partial charge in [-0.05, 0) is 25.6 Å². The molecule has 0 heterocycles. The van der Waals surface area contributed by atoms with E-state index in [1.807, 2.05) is 0 Å². The van der Waals surface area contributed by atoms with Crippen molar-refractivity contribution in [1.82, 2.24) is 5.32 Å². The van der Waals surface area contributed by atoms with Crippen LogP contribution in [0.4, 0.5) is 8.78 Å². The summed E-state index contributed by atoms with van der Waals surface area (Å²) < 4.78 is 25.6. The van der Waals surface area contributed by atoms with Crippen molar-refractivity contribution >= 4 is 0 Å². The first-order chi connectivity index (χ1) is 6.74. The van der Waals surface area contributed by atoms with Gasteiger partial charge in [0.1, 0.15) is 11.6 Å². The first-order valence-electron chi connectivity index (χ1n) is 4.58. The van der Waals surface area contributed by atoms with E-state index in [1.54, 1.807) is 0 Å². The van der Waals surface area contributed by atoms with Crippen molar-refractivity contribution in [3.8, 4) is 0 Å². The number of hydrogen-bond acceptors (Lipinski definition) is 2. The van der Waals surface area contributed by atoms with Gasteiger partial charge in [-0.25, -0.2) is 8.78 Å². The fraction of sp³-hybridized carbons (Fsp3) is 0.400. The predicted octanol–water partition coefficient (Wildman–Crippen LogP) is 1.40. The third-order valence-electron chi connectivity index (χ3n) is 1.89. The van der Waals surface area contributed by atoms with E-state index in [4.69, 9.17) is 5.73 Å². The highest BCUT2D eigenvalue weighted by molar-refractivity contribution is 5.18. The van der Waals surface area contributed by atoms with Crippen LogP contribution in [0.2, 0.25) is 0 Å². The zero-order chi connectivity index (χ0) is 10.4. The molecule has 0 saturated carbocycles. The highest BCUT2D eigenvalue weighted by atomic mass is 19.1. The van der Waals surface area contributed by atoms with Crippen LogP contribution in [0, 0.1) is 11.6 Å². The van der Waals surface area contributed by atoms with Crippen LogP contribution >= 0.6 is 0 Å². The number of benzene rings is 1. The van der Waals surface area contributed by atoms with Crippen molar-refractivity contribution in [2.75, 3.05) is 13.1 Å². The van der Waals surface area contributed by atoms with Gasteiger partial charge in [-0.15, -0.1) is 0 Å². The number of nitrogens with one attached hydrogen (secondary N) is 1. The zero-order valence-corrected chi connectivity index (χ0v) is 7.89. The van der Waals surface area contributed by atoms with Crippen molar-refractivity contribution in [3.63, 3.8) is 0 Å². The van der Waals surface area contributed by atoms with E-state index in [0.717, 1.165) is 19.0 Å². The summed E-state index contributed by atoms with van der Waals surface area (Å²) in [6.45, 7) is 1.76. The van der Waals surface area contributed by atoms with Gasteiger partial charge in [0.15, 0.2) is 0 Å². The van der Waals surface area contributed by atoms with Crippen molar-refractivity contribution in [2.45, 2.75) is 13.0 Å². The fourth-order valence-electron chi connectivity index (χ4n) is 1.12. The van der Waals surface area contributed by atoms with Gasteiger partial charge in [-0.3, -0.25) is 0 Å². The van der Waals surface area contributed by atoms with Gasteiger partial charge >= 0.3 is 0 Å². The monoisotopic (exact) mass is 200 g/mol. The molecule has 0 bridgehead atoms. The Morgan fingerprint density at radius 3 is 2.71 bits per heavy atom. The summed E-state index contributed by atoms with van der Waals surface area (Å²) in [6.07, 6.45) is 0.850. The largest absolute Gasteiger partial charge is 0.330 e. The molecule has 0 aliphatic carbocycles. The maximum atomic E-state index is 13.1. The van der Waals surface area contributed by atoms with E-state index in [0.29, 0.717) is 18.7 Å². The van der Waals surface area contributed by atoms with Gasteiger partial charge in [-0.1, -0.05) is 6.07 Å². The maximum Gasteiger partial charge on any atom is 0.130 e. The summed E-state index contributed by atoms with van der Waals surface area (Å²) in [5, 5.41) is 3.02. The van der Waals surface area contributed by atoms with E-state index in [-0.39, 0.29) is 0 Å². The minimum atomic E-state index is -0.548. The van der Waals surface area contributed by atoms with Crippen LogP contribution in [0.25, 0.3) is 0 Å². The molecule has 2 nitrogen and oxygen atoms in total. The number of halogens is 2. The van der Waals surface area contributed by atoms with Crippen LogP contribution in [0.15, 0.2) is 18.2 Å². The molecule has 78 valence electrons. The lowest BCUT2D eigenvalue weighted by Crippen LogP contribution is -2.18. The Balaban J connectivity index is 2.42. The molecule has 0 aliphatic heterocycles. The summed E-state index contributed by atoms with van der Waals surface area (Å²) in [5.74, 6) is -1.06. The van der Waals surface area contributed by atoms with Gasteiger partial charge in [0.25, 0.3) is 0 Å². The van der Waals surface area contributed by atoms with Crippen LogP contribution in [-0.2, 0) is 6.54 Å². The minimum absolute atomic E-state index is 0.409. The normalized spacial score (nSPS) is 10.5. The molecule has 0 radical (unpaired) electrons. The van der Waals surface area contributed by atoms with Gasteiger partial charge in [0.05, 0.1) is 0 Å². The second-order valence-electron chi connectivity index (χ2n) is 3.05. The Hall–Kier alpha value is -1.00. The lowest BCUT2D eigenvalue weighted by Gasteiger charge is -2.04. The Kier molecular flexibility index (Phi) is 4.49. The Bertz CT molecular complexity index is 289. The molecule has 14 heavy (non-hydrogen) atoms. The average Bonchev–Trinajstić information content (AvgIpc) is 2.15. The van der Waals surface area contributed by atoms with Gasteiger partial charge < -0.3 is 11.1 Å². The predicted molar refractivity (Wildman–Crippen MR) is 51.7 cm³/mol. The highest BCUT2D eigenvalue weighted by Gasteiger charge is 2.02. The summed E-state index contributed by atoms with van der Waals surface area (Å²) in [6, 6.07) is 3.59. The molecule has 1 aromatic carbocycles. The third-order valence-corrected chi connectivity index (χ3v) is 1.89. The fourth-order valence-corrected chi connectivity index (χ4v) is 1.12. The lowest BCUT2D eigenvalue weighted by molar-refractivity contribution is 0.558.